The topological polar surface area (TPSA) is 44.8 Å². The molecule has 1 aromatic rings. The van der Waals surface area contributed by atoms with E-state index in [-0.39, 0.29) is 42.9 Å². The summed E-state index contributed by atoms with van der Waals surface area (Å²) in [5.41, 5.74) is 1.15. The van der Waals surface area contributed by atoms with Gasteiger partial charge in [0.25, 0.3) is 5.91 Å². The van der Waals surface area contributed by atoms with Crippen molar-refractivity contribution < 1.29 is 9.53 Å². The van der Waals surface area contributed by atoms with Gasteiger partial charge >= 0.3 is 0 Å². The highest BCUT2D eigenvalue weighted by molar-refractivity contribution is 6.31. The van der Waals surface area contributed by atoms with Gasteiger partial charge in [0.15, 0.2) is 0 Å². The van der Waals surface area contributed by atoms with Gasteiger partial charge in [-0.05, 0) is 18.6 Å². The molecule has 0 aromatic heterocycles. The number of hydrogen-bond acceptors (Lipinski definition) is 4. The highest BCUT2D eigenvalue weighted by Crippen LogP contribution is 2.27. The summed E-state index contributed by atoms with van der Waals surface area (Å²) >= 11 is 6.30. The molecule has 142 valence electrons. The molecule has 0 spiro atoms. The summed E-state index contributed by atoms with van der Waals surface area (Å²) in [5.74, 6) is 0.113. The van der Waals surface area contributed by atoms with Crippen LogP contribution in [0.1, 0.15) is 18.5 Å². The molecule has 0 radical (unpaired) electrons. The van der Waals surface area contributed by atoms with Crippen LogP contribution in [0.2, 0.25) is 5.02 Å². The van der Waals surface area contributed by atoms with E-state index in [0.717, 1.165) is 43.3 Å². The zero-order valence-corrected chi connectivity index (χ0v) is 16.7. The maximum atomic E-state index is 12.5. The van der Waals surface area contributed by atoms with Crippen molar-refractivity contribution in [1.29, 1.82) is 0 Å². The van der Waals surface area contributed by atoms with E-state index >= 15 is 0 Å². The molecule has 0 aliphatic carbocycles. The first-order valence-corrected chi connectivity index (χ1v) is 8.64. The van der Waals surface area contributed by atoms with Crippen LogP contribution in [0.25, 0.3) is 0 Å². The molecule has 0 saturated carbocycles. The Hall–Kier alpha value is -0.560. The Morgan fingerprint density at radius 2 is 1.92 bits per heavy atom. The first-order valence-electron chi connectivity index (χ1n) is 8.26. The molecule has 2 atom stereocenters. The highest BCUT2D eigenvalue weighted by Gasteiger charge is 2.30. The van der Waals surface area contributed by atoms with E-state index in [1.807, 2.05) is 23.1 Å². The Bertz CT molecular complexity index is 548. The number of morpholine rings is 1. The molecule has 2 aliphatic rings. The van der Waals surface area contributed by atoms with E-state index in [9.17, 15) is 4.79 Å². The average molecular weight is 411 g/mol. The van der Waals surface area contributed by atoms with Gasteiger partial charge in [0.2, 0.25) is 0 Å². The van der Waals surface area contributed by atoms with E-state index in [2.05, 4.69) is 23.2 Å². The van der Waals surface area contributed by atoms with Gasteiger partial charge in [-0.2, -0.15) is 0 Å². The van der Waals surface area contributed by atoms with Crippen LogP contribution < -0.4 is 5.32 Å². The molecule has 5 nitrogen and oxygen atoms in total. The van der Waals surface area contributed by atoms with Gasteiger partial charge in [-0.3, -0.25) is 9.69 Å². The van der Waals surface area contributed by atoms with Crippen molar-refractivity contribution in [2.24, 2.45) is 0 Å². The SMILES string of the molecule is CC(c1ccccc1Cl)N1CCN(C(=O)C2CNCCO2)CC1.Cl.Cl. The Labute approximate surface area is 166 Å². The van der Waals surface area contributed by atoms with E-state index in [1.165, 1.54) is 0 Å². The average Bonchev–Trinajstić information content (AvgIpc) is 2.62. The lowest BCUT2D eigenvalue weighted by atomic mass is 10.1. The standard InChI is InChI=1S/C17H24ClN3O2.2ClH/c1-13(14-4-2-3-5-15(14)18)20-7-9-21(10-8-20)17(22)16-12-19-6-11-23-16;;/h2-5,13,16,19H,6-12H2,1H3;2*1H. The lowest BCUT2D eigenvalue weighted by Gasteiger charge is -2.39. The fourth-order valence-electron chi connectivity index (χ4n) is 3.27. The molecule has 1 amide bonds. The third-order valence-electron chi connectivity index (χ3n) is 4.73. The Morgan fingerprint density at radius 1 is 1.24 bits per heavy atom. The minimum Gasteiger partial charge on any atom is -0.366 e. The monoisotopic (exact) mass is 409 g/mol. The first kappa shape index (κ1) is 22.5. The van der Waals surface area contributed by atoms with Gasteiger partial charge in [-0.15, -0.1) is 24.8 Å². The second-order valence-corrected chi connectivity index (χ2v) is 6.53. The summed E-state index contributed by atoms with van der Waals surface area (Å²) in [5, 5.41) is 4.02. The normalized spacial score (nSPS) is 22.5. The molecule has 2 saturated heterocycles. The number of ether oxygens (including phenoxy) is 1. The van der Waals surface area contributed by atoms with E-state index in [0.29, 0.717) is 13.2 Å². The Kier molecular flexibility index (Phi) is 9.49. The van der Waals surface area contributed by atoms with Gasteiger partial charge in [0.1, 0.15) is 6.10 Å². The number of amides is 1. The molecule has 2 fully saturated rings. The molecular weight excluding hydrogens is 385 g/mol. The number of benzene rings is 1. The summed E-state index contributed by atoms with van der Waals surface area (Å²) in [7, 11) is 0. The van der Waals surface area contributed by atoms with Crippen LogP contribution in [0.5, 0.6) is 0 Å². The van der Waals surface area contributed by atoms with Gasteiger partial charge in [-0.1, -0.05) is 29.8 Å². The van der Waals surface area contributed by atoms with Crippen LogP contribution in [0, 0.1) is 0 Å². The number of nitrogens with one attached hydrogen (secondary N) is 1. The maximum absolute atomic E-state index is 12.5. The smallest absolute Gasteiger partial charge is 0.253 e. The Balaban J connectivity index is 0.00000156. The maximum Gasteiger partial charge on any atom is 0.253 e. The van der Waals surface area contributed by atoms with Crippen LogP contribution in [0.4, 0.5) is 0 Å². The summed E-state index contributed by atoms with van der Waals surface area (Å²) in [4.78, 5) is 16.8. The molecule has 1 aromatic carbocycles. The summed E-state index contributed by atoms with van der Waals surface area (Å²) in [6, 6.07) is 8.24. The van der Waals surface area contributed by atoms with Crippen LogP contribution in [0.3, 0.4) is 0 Å². The predicted octanol–water partition coefficient (Wildman–Crippen LogP) is 2.38. The molecular formula is C17H26Cl3N3O2. The summed E-state index contributed by atoms with van der Waals surface area (Å²) in [6.45, 7) is 7.44. The molecule has 3 rings (SSSR count). The second-order valence-electron chi connectivity index (χ2n) is 6.12. The van der Waals surface area contributed by atoms with Crippen LogP contribution in [-0.2, 0) is 9.53 Å². The van der Waals surface area contributed by atoms with Gasteiger partial charge in [0.05, 0.1) is 6.61 Å². The first-order chi connectivity index (χ1) is 11.2. The van der Waals surface area contributed by atoms with Crippen molar-refractivity contribution in [2.45, 2.75) is 19.1 Å². The fourth-order valence-corrected chi connectivity index (χ4v) is 3.56. The number of rotatable bonds is 3. The number of piperazine rings is 1. The number of halogens is 3. The zero-order valence-electron chi connectivity index (χ0n) is 14.3. The highest BCUT2D eigenvalue weighted by atomic mass is 35.5. The molecule has 8 heteroatoms. The predicted molar refractivity (Wildman–Crippen MR) is 105 cm³/mol. The minimum absolute atomic E-state index is 0. The molecule has 2 aliphatic heterocycles. The van der Waals surface area contributed by atoms with Crippen LogP contribution in [0.15, 0.2) is 24.3 Å². The number of hydrogen-bond donors (Lipinski definition) is 1. The van der Waals surface area contributed by atoms with Crippen molar-refractivity contribution >= 4 is 42.3 Å². The third-order valence-corrected chi connectivity index (χ3v) is 5.08. The van der Waals surface area contributed by atoms with E-state index in [4.69, 9.17) is 16.3 Å². The molecule has 2 heterocycles. The molecule has 0 bridgehead atoms. The summed E-state index contributed by atoms with van der Waals surface area (Å²) in [6.07, 6.45) is -0.323. The van der Waals surface area contributed by atoms with E-state index in [1.54, 1.807) is 0 Å². The van der Waals surface area contributed by atoms with Crippen molar-refractivity contribution in [2.75, 3.05) is 45.9 Å². The van der Waals surface area contributed by atoms with Crippen molar-refractivity contribution in [3.8, 4) is 0 Å². The lowest BCUT2D eigenvalue weighted by molar-refractivity contribution is -0.147. The minimum atomic E-state index is -0.323. The number of carbonyl (C=O) groups excluding carboxylic acids is 1. The van der Waals surface area contributed by atoms with Crippen molar-refractivity contribution in [3.05, 3.63) is 34.9 Å². The fraction of sp³-hybridized carbons (Fsp3) is 0.588. The number of carbonyl (C=O) groups is 1. The Morgan fingerprint density at radius 3 is 2.52 bits per heavy atom. The largest absolute Gasteiger partial charge is 0.366 e. The van der Waals surface area contributed by atoms with Gasteiger partial charge < -0.3 is 15.0 Å². The van der Waals surface area contributed by atoms with Gasteiger partial charge in [0, 0.05) is 50.3 Å². The third kappa shape index (κ3) is 5.46. The lowest BCUT2D eigenvalue weighted by Crippen LogP contribution is -2.55. The molecule has 1 N–H and O–H groups in total. The second kappa shape index (κ2) is 10.6. The van der Waals surface area contributed by atoms with Crippen molar-refractivity contribution in [3.63, 3.8) is 0 Å². The quantitative estimate of drug-likeness (QED) is 0.831. The van der Waals surface area contributed by atoms with Crippen LogP contribution in [-0.4, -0.2) is 67.7 Å². The number of nitrogens with zero attached hydrogens (tertiary/aromatic N) is 2. The van der Waals surface area contributed by atoms with Crippen LogP contribution >= 0.6 is 36.4 Å². The zero-order chi connectivity index (χ0) is 16.2. The molecule has 2 unspecified atom stereocenters. The summed E-state index contributed by atoms with van der Waals surface area (Å²) < 4.78 is 5.57. The van der Waals surface area contributed by atoms with Gasteiger partial charge in [-0.25, -0.2) is 0 Å². The van der Waals surface area contributed by atoms with E-state index < -0.39 is 0 Å². The van der Waals surface area contributed by atoms with Crippen molar-refractivity contribution in [1.82, 2.24) is 15.1 Å². The molecule has 25 heavy (non-hydrogen) atoms.